The monoisotopic (exact) mass is 178 g/mol. The van der Waals surface area contributed by atoms with Crippen molar-refractivity contribution in [2.45, 2.75) is 30.8 Å². The van der Waals surface area contributed by atoms with E-state index in [0.29, 0.717) is 0 Å². The van der Waals surface area contributed by atoms with Crippen molar-refractivity contribution in [3.8, 4) is 0 Å². The molecule has 1 aliphatic carbocycles. The van der Waals surface area contributed by atoms with E-state index in [1.165, 1.54) is 0 Å². The molecule has 12 heavy (non-hydrogen) atoms. The Bertz CT molecular complexity index is 146. The van der Waals surface area contributed by atoms with Crippen LogP contribution in [0.15, 0.2) is 0 Å². The van der Waals surface area contributed by atoms with Crippen molar-refractivity contribution in [1.29, 1.82) is 0 Å². The van der Waals surface area contributed by atoms with E-state index in [2.05, 4.69) is 0 Å². The van der Waals surface area contributed by atoms with Crippen molar-refractivity contribution in [2.24, 2.45) is 5.92 Å². The van der Waals surface area contributed by atoms with Crippen LogP contribution in [0.5, 0.6) is 0 Å². The molecule has 0 radical (unpaired) electrons. The van der Waals surface area contributed by atoms with Crippen LogP contribution in [0.3, 0.4) is 0 Å². The second kappa shape index (κ2) is 3.68. The molecule has 1 rings (SSSR count). The van der Waals surface area contributed by atoms with E-state index in [9.17, 15) is 5.11 Å². The van der Waals surface area contributed by atoms with Crippen molar-refractivity contribution in [3.05, 3.63) is 0 Å². The number of hydrogen-bond acceptors (Lipinski definition) is 5. The minimum Gasteiger partial charge on any atom is -0.396 e. The maximum absolute atomic E-state index is 9.24. The topological polar surface area (TPSA) is 101 Å². The Labute approximate surface area is 69.9 Å². The molecule has 0 aromatic carbocycles. The molecule has 0 saturated heterocycles. The summed E-state index contributed by atoms with van der Waals surface area (Å²) in [4.78, 5) is 0. The van der Waals surface area contributed by atoms with E-state index < -0.39 is 30.3 Å². The lowest BCUT2D eigenvalue weighted by atomic mass is 9.81. The third kappa shape index (κ3) is 1.60. The van der Waals surface area contributed by atoms with Gasteiger partial charge in [-0.3, -0.25) is 0 Å². The summed E-state index contributed by atoms with van der Waals surface area (Å²) in [6.45, 7) is -0.304. The molecule has 0 heterocycles. The van der Waals surface area contributed by atoms with Gasteiger partial charge in [0.25, 0.3) is 0 Å². The summed E-state index contributed by atoms with van der Waals surface area (Å²) in [5.41, 5.74) is 0. The van der Waals surface area contributed by atoms with Crippen molar-refractivity contribution in [1.82, 2.24) is 0 Å². The van der Waals surface area contributed by atoms with Gasteiger partial charge in [-0.1, -0.05) is 0 Å². The number of hydrogen-bond donors (Lipinski definition) is 5. The number of aliphatic hydroxyl groups is 5. The molecule has 5 nitrogen and oxygen atoms in total. The second-order valence-corrected chi connectivity index (χ2v) is 3.22. The molecule has 5 N–H and O–H groups in total. The van der Waals surface area contributed by atoms with Gasteiger partial charge in [-0.05, 0) is 6.42 Å². The van der Waals surface area contributed by atoms with Gasteiger partial charge in [0.05, 0.1) is 12.2 Å². The Morgan fingerprint density at radius 1 is 0.917 bits per heavy atom. The Hall–Kier alpha value is -0.200. The van der Waals surface area contributed by atoms with E-state index in [1.54, 1.807) is 0 Å². The molecule has 5 atom stereocenters. The van der Waals surface area contributed by atoms with Crippen molar-refractivity contribution < 1.29 is 25.5 Å². The third-order valence-corrected chi connectivity index (χ3v) is 2.36. The summed E-state index contributed by atoms with van der Waals surface area (Å²) in [6, 6.07) is 0. The van der Waals surface area contributed by atoms with Gasteiger partial charge in [0.1, 0.15) is 12.2 Å². The molecule has 72 valence electrons. The van der Waals surface area contributed by atoms with E-state index in [-0.39, 0.29) is 13.0 Å². The Morgan fingerprint density at radius 2 is 1.50 bits per heavy atom. The van der Waals surface area contributed by atoms with Crippen LogP contribution in [0.25, 0.3) is 0 Å². The molecule has 5 heteroatoms. The van der Waals surface area contributed by atoms with Crippen LogP contribution in [-0.4, -0.2) is 56.6 Å². The zero-order valence-corrected chi connectivity index (χ0v) is 6.54. The summed E-state index contributed by atoms with van der Waals surface area (Å²) in [5.74, 6) is -0.557. The van der Waals surface area contributed by atoms with Gasteiger partial charge in [-0.2, -0.15) is 0 Å². The van der Waals surface area contributed by atoms with Crippen LogP contribution in [0.1, 0.15) is 6.42 Å². The third-order valence-electron chi connectivity index (χ3n) is 2.36. The SMILES string of the molecule is OCC1C[C@H](O)C(O)[C@H](O)[C@@H]1O. The molecule has 0 spiro atoms. The van der Waals surface area contributed by atoms with Gasteiger partial charge in [0.2, 0.25) is 0 Å². The lowest BCUT2D eigenvalue weighted by Crippen LogP contribution is -2.54. The quantitative estimate of drug-likeness (QED) is 0.304. The lowest BCUT2D eigenvalue weighted by molar-refractivity contribution is -0.163. The summed E-state index contributed by atoms with van der Waals surface area (Å²) in [5, 5.41) is 45.3. The molecule has 0 aliphatic heterocycles. The van der Waals surface area contributed by atoms with Gasteiger partial charge < -0.3 is 25.5 Å². The standard InChI is InChI=1S/C7H14O5/c8-2-3-1-4(9)6(11)7(12)5(3)10/h3-12H,1-2H2/t3?,4-,5+,6?,7+/m0/s1. The maximum atomic E-state index is 9.24. The first kappa shape index (κ1) is 9.88. The fourth-order valence-corrected chi connectivity index (χ4v) is 1.48. The summed E-state index contributed by atoms with van der Waals surface area (Å²) >= 11 is 0. The van der Waals surface area contributed by atoms with Crippen molar-refractivity contribution in [3.63, 3.8) is 0 Å². The van der Waals surface area contributed by atoms with Crippen LogP contribution in [0.2, 0.25) is 0 Å². The fourth-order valence-electron chi connectivity index (χ4n) is 1.48. The largest absolute Gasteiger partial charge is 0.396 e. The molecule has 1 fully saturated rings. The molecule has 0 amide bonds. The first-order valence-corrected chi connectivity index (χ1v) is 3.91. The summed E-state index contributed by atoms with van der Waals surface area (Å²) < 4.78 is 0. The van der Waals surface area contributed by atoms with Crippen LogP contribution >= 0.6 is 0 Å². The molecule has 0 aromatic rings. The first-order valence-electron chi connectivity index (χ1n) is 3.91. The molecule has 0 bridgehead atoms. The Morgan fingerprint density at radius 3 is 2.00 bits per heavy atom. The Balaban J connectivity index is 2.63. The maximum Gasteiger partial charge on any atom is 0.109 e. The predicted molar refractivity (Wildman–Crippen MR) is 39.2 cm³/mol. The Kier molecular flexibility index (Phi) is 3.03. The summed E-state index contributed by atoms with van der Waals surface area (Å²) in [7, 11) is 0. The molecule has 0 aromatic heterocycles. The van der Waals surface area contributed by atoms with Gasteiger partial charge >= 0.3 is 0 Å². The number of rotatable bonds is 1. The smallest absolute Gasteiger partial charge is 0.109 e. The molecular weight excluding hydrogens is 164 g/mol. The molecule has 1 saturated carbocycles. The summed E-state index contributed by atoms with van der Waals surface area (Å²) in [6.07, 6.45) is -4.81. The molecule has 1 aliphatic rings. The van der Waals surface area contributed by atoms with E-state index in [0.717, 1.165) is 0 Å². The van der Waals surface area contributed by atoms with Crippen LogP contribution in [-0.2, 0) is 0 Å². The van der Waals surface area contributed by atoms with Crippen LogP contribution < -0.4 is 0 Å². The van der Waals surface area contributed by atoms with Crippen LogP contribution in [0, 0.1) is 5.92 Å². The molecule has 2 unspecified atom stereocenters. The van der Waals surface area contributed by atoms with E-state index >= 15 is 0 Å². The second-order valence-electron chi connectivity index (χ2n) is 3.22. The van der Waals surface area contributed by atoms with E-state index in [1.807, 2.05) is 0 Å². The minimum atomic E-state index is -1.37. The minimum absolute atomic E-state index is 0.107. The number of aliphatic hydroxyl groups excluding tert-OH is 5. The van der Waals surface area contributed by atoms with Crippen LogP contribution in [0.4, 0.5) is 0 Å². The molecular formula is C7H14O5. The lowest BCUT2D eigenvalue weighted by Gasteiger charge is -2.37. The highest BCUT2D eigenvalue weighted by molar-refractivity contribution is 4.91. The van der Waals surface area contributed by atoms with E-state index in [4.69, 9.17) is 20.4 Å². The van der Waals surface area contributed by atoms with Gasteiger partial charge in [0, 0.05) is 12.5 Å². The predicted octanol–water partition coefficient (Wildman–Crippen LogP) is -2.56. The van der Waals surface area contributed by atoms with Crippen molar-refractivity contribution in [2.75, 3.05) is 6.61 Å². The fraction of sp³-hybridized carbons (Fsp3) is 1.00. The average Bonchev–Trinajstić information content (AvgIpc) is 2.08. The van der Waals surface area contributed by atoms with Gasteiger partial charge in [-0.25, -0.2) is 0 Å². The normalized spacial score (nSPS) is 49.2. The highest BCUT2D eigenvalue weighted by Crippen LogP contribution is 2.25. The zero-order valence-electron chi connectivity index (χ0n) is 6.54. The zero-order chi connectivity index (χ0) is 9.30. The highest BCUT2D eigenvalue weighted by atomic mass is 16.4. The highest BCUT2D eigenvalue weighted by Gasteiger charge is 2.41. The average molecular weight is 178 g/mol. The van der Waals surface area contributed by atoms with Gasteiger partial charge in [-0.15, -0.1) is 0 Å². The van der Waals surface area contributed by atoms with Gasteiger partial charge in [0.15, 0.2) is 0 Å². The van der Waals surface area contributed by atoms with Crippen molar-refractivity contribution >= 4 is 0 Å². The first-order chi connectivity index (χ1) is 5.57.